The van der Waals surface area contributed by atoms with Crippen LogP contribution in [0.4, 0.5) is 5.69 Å². The number of rotatable bonds is 7. The first-order chi connectivity index (χ1) is 8.41. The van der Waals surface area contributed by atoms with Crippen molar-refractivity contribution >= 4 is 15.7 Å². The van der Waals surface area contributed by atoms with Crippen LogP contribution in [0.15, 0.2) is 23.4 Å². The highest BCUT2D eigenvalue weighted by atomic mass is 32.2. The summed E-state index contributed by atoms with van der Waals surface area (Å²) in [4.78, 5) is 3.76. The summed E-state index contributed by atoms with van der Waals surface area (Å²) in [7, 11) is -3.75. The summed E-state index contributed by atoms with van der Waals surface area (Å²) in [5.74, 6) is 0. The molecule has 0 bridgehead atoms. The maximum Gasteiger partial charge on any atom is 0.241 e. The number of sulfonamides is 1. The third-order valence-electron chi connectivity index (χ3n) is 2.18. The summed E-state index contributed by atoms with van der Waals surface area (Å²) in [6.45, 7) is 5.17. The van der Waals surface area contributed by atoms with Crippen LogP contribution in [0.5, 0.6) is 0 Å². The van der Waals surface area contributed by atoms with Gasteiger partial charge < -0.3 is 10.1 Å². The van der Waals surface area contributed by atoms with Crippen molar-refractivity contribution in [2.24, 2.45) is 5.14 Å². The lowest BCUT2D eigenvalue weighted by molar-refractivity contribution is 0.0787. The van der Waals surface area contributed by atoms with E-state index in [2.05, 4.69) is 10.3 Å². The highest BCUT2D eigenvalue weighted by molar-refractivity contribution is 7.89. The van der Waals surface area contributed by atoms with Crippen LogP contribution in [0.2, 0.25) is 0 Å². The number of aromatic nitrogens is 1. The molecule has 1 heterocycles. The fraction of sp³-hybridized carbons (Fsp3) is 0.545. The Bertz CT molecular complexity index is 474. The Labute approximate surface area is 108 Å². The molecule has 0 aromatic carbocycles. The second-order valence-corrected chi connectivity index (χ2v) is 5.65. The number of nitrogens with zero attached hydrogens (tertiary/aromatic N) is 1. The van der Waals surface area contributed by atoms with Crippen molar-refractivity contribution in [2.75, 3.05) is 18.5 Å². The standard InChI is InChI=1S/C11H19N3O3S/c1-9(2)17-7-3-5-14-10-4-6-13-8-11(10)18(12,15)16/h4,6,8-9H,3,5,7H2,1-2H3,(H,13,14)(H2,12,15,16). The number of hydrogen-bond acceptors (Lipinski definition) is 5. The normalized spacial score (nSPS) is 11.8. The van der Waals surface area contributed by atoms with Gasteiger partial charge in [-0.1, -0.05) is 0 Å². The van der Waals surface area contributed by atoms with Crippen LogP contribution in [0.1, 0.15) is 20.3 Å². The highest BCUT2D eigenvalue weighted by Gasteiger charge is 2.13. The van der Waals surface area contributed by atoms with E-state index in [0.717, 1.165) is 6.42 Å². The molecular formula is C11H19N3O3S. The molecule has 1 rings (SSSR count). The molecule has 0 aliphatic heterocycles. The number of anilines is 1. The monoisotopic (exact) mass is 273 g/mol. The van der Waals surface area contributed by atoms with E-state index in [4.69, 9.17) is 9.88 Å². The molecular weight excluding hydrogens is 254 g/mol. The van der Waals surface area contributed by atoms with Crippen LogP contribution < -0.4 is 10.5 Å². The van der Waals surface area contributed by atoms with Gasteiger partial charge in [0, 0.05) is 25.5 Å². The average molecular weight is 273 g/mol. The number of ether oxygens (including phenoxy) is 1. The van der Waals surface area contributed by atoms with E-state index in [1.807, 2.05) is 13.8 Å². The molecule has 1 aromatic heterocycles. The van der Waals surface area contributed by atoms with Gasteiger partial charge in [-0.2, -0.15) is 0 Å². The third-order valence-corrected chi connectivity index (χ3v) is 3.12. The van der Waals surface area contributed by atoms with E-state index >= 15 is 0 Å². The molecule has 0 aliphatic carbocycles. The smallest absolute Gasteiger partial charge is 0.241 e. The Balaban J connectivity index is 2.53. The largest absolute Gasteiger partial charge is 0.384 e. The van der Waals surface area contributed by atoms with Crippen molar-refractivity contribution in [3.63, 3.8) is 0 Å². The minimum Gasteiger partial charge on any atom is -0.384 e. The predicted molar refractivity (Wildman–Crippen MR) is 69.8 cm³/mol. The quantitative estimate of drug-likeness (QED) is 0.721. The SMILES string of the molecule is CC(C)OCCCNc1ccncc1S(N)(=O)=O. The van der Waals surface area contributed by atoms with Crippen LogP contribution >= 0.6 is 0 Å². The maximum atomic E-state index is 11.3. The summed E-state index contributed by atoms with van der Waals surface area (Å²) < 4.78 is 28.0. The fourth-order valence-corrected chi connectivity index (χ4v) is 2.02. The molecule has 0 amide bonds. The third kappa shape index (κ3) is 4.99. The Morgan fingerprint density at radius 1 is 1.50 bits per heavy atom. The number of nitrogens with two attached hydrogens (primary N) is 1. The minimum atomic E-state index is -3.75. The number of hydrogen-bond donors (Lipinski definition) is 2. The molecule has 0 unspecified atom stereocenters. The summed E-state index contributed by atoms with van der Waals surface area (Å²) in [5.41, 5.74) is 0.469. The molecule has 102 valence electrons. The molecule has 0 saturated heterocycles. The van der Waals surface area contributed by atoms with Crippen molar-refractivity contribution in [2.45, 2.75) is 31.3 Å². The summed E-state index contributed by atoms with van der Waals surface area (Å²) in [6.07, 6.45) is 3.74. The molecule has 3 N–H and O–H groups in total. The van der Waals surface area contributed by atoms with Crippen LogP contribution in [-0.4, -0.2) is 32.7 Å². The molecule has 0 radical (unpaired) electrons. The zero-order valence-corrected chi connectivity index (χ0v) is 11.4. The van der Waals surface area contributed by atoms with Crippen molar-refractivity contribution in [1.82, 2.24) is 4.98 Å². The second-order valence-electron chi connectivity index (χ2n) is 4.12. The average Bonchev–Trinajstić information content (AvgIpc) is 2.27. The maximum absolute atomic E-state index is 11.3. The van der Waals surface area contributed by atoms with Gasteiger partial charge in [0.1, 0.15) is 4.90 Å². The lowest BCUT2D eigenvalue weighted by atomic mass is 10.3. The first-order valence-corrected chi connectivity index (χ1v) is 7.28. The minimum absolute atomic E-state index is 0.00905. The first-order valence-electron chi connectivity index (χ1n) is 5.73. The van der Waals surface area contributed by atoms with E-state index < -0.39 is 10.0 Å². The molecule has 0 saturated carbocycles. The lowest BCUT2D eigenvalue weighted by Crippen LogP contribution is -2.16. The van der Waals surface area contributed by atoms with E-state index in [1.165, 1.54) is 12.4 Å². The van der Waals surface area contributed by atoms with Crippen LogP contribution in [0.3, 0.4) is 0 Å². The van der Waals surface area contributed by atoms with Gasteiger partial charge in [-0.3, -0.25) is 4.98 Å². The summed E-state index contributed by atoms with van der Waals surface area (Å²) in [6, 6.07) is 1.59. The molecule has 0 spiro atoms. The lowest BCUT2D eigenvalue weighted by Gasteiger charge is -2.11. The highest BCUT2D eigenvalue weighted by Crippen LogP contribution is 2.17. The Hall–Kier alpha value is -1.18. The van der Waals surface area contributed by atoms with Crippen molar-refractivity contribution in [3.05, 3.63) is 18.5 Å². The van der Waals surface area contributed by atoms with Gasteiger partial charge in [-0.05, 0) is 26.3 Å². The van der Waals surface area contributed by atoms with Gasteiger partial charge in [0.05, 0.1) is 11.8 Å². The summed E-state index contributed by atoms with van der Waals surface area (Å²) in [5, 5.41) is 8.11. The van der Waals surface area contributed by atoms with Gasteiger partial charge in [-0.25, -0.2) is 13.6 Å². The van der Waals surface area contributed by atoms with E-state index in [0.29, 0.717) is 18.8 Å². The van der Waals surface area contributed by atoms with Crippen molar-refractivity contribution < 1.29 is 13.2 Å². The van der Waals surface area contributed by atoms with E-state index in [1.54, 1.807) is 6.07 Å². The van der Waals surface area contributed by atoms with Crippen LogP contribution in [-0.2, 0) is 14.8 Å². The van der Waals surface area contributed by atoms with Crippen LogP contribution in [0.25, 0.3) is 0 Å². The number of nitrogens with one attached hydrogen (secondary N) is 1. The molecule has 7 heteroatoms. The number of pyridine rings is 1. The fourth-order valence-electron chi connectivity index (χ4n) is 1.37. The number of primary sulfonamides is 1. The second kappa shape index (κ2) is 6.67. The van der Waals surface area contributed by atoms with Gasteiger partial charge in [0.15, 0.2) is 0 Å². The van der Waals surface area contributed by atoms with Crippen molar-refractivity contribution in [1.29, 1.82) is 0 Å². The predicted octanol–water partition coefficient (Wildman–Crippen LogP) is 0.956. The van der Waals surface area contributed by atoms with Gasteiger partial charge in [0.2, 0.25) is 10.0 Å². The topological polar surface area (TPSA) is 94.3 Å². The molecule has 6 nitrogen and oxygen atoms in total. The van der Waals surface area contributed by atoms with E-state index in [9.17, 15) is 8.42 Å². The molecule has 18 heavy (non-hydrogen) atoms. The molecule has 0 atom stereocenters. The zero-order valence-electron chi connectivity index (χ0n) is 10.6. The Morgan fingerprint density at radius 2 is 2.22 bits per heavy atom. The van der Waals surface area contributed by atoms with Gasteiger partial charge >= 0.3 is 0 Å². The van der Waals surface area contributed by atoms with E-state index in [-0.39, 0.29) is 11.0 Å². The Morgan fingerprint density at radius 3 is 2.83 bits per heavy atom. The molecule has 1 aromatic rings. The van der Waals surface area contributed by atoms with Crippen LogP contribution in [0, 0.1) is 0 Å². The first kappa shape index (κ1) is 14.9. The summed E-state index contributed by atoms with van der Waals surface area (Å²) >= 11 is 0. The molecule has 0 aliphatic rings. The zero-order chi connectivity index (χ0) is 13.6. The van der Waals surface area contributed by atoms with Gasteiger partial charge in [-0.15, -0.1) is 0 Å². The Kier molecular flexibility index (Phi) is 5.52. The van der Waals surface area contributed by atoms with Gasteiger partial charge in [0.25, 0.3) is 0 Å². The molecule has 0 fully saturated rings. The van der Waals surface area contributed by atoms with Crippen molar-refractivity contribution in [3.8, 4) is 0 Å².